The van der Waals surface area contributed by atoms with E-state index in [1.807, 2.05) is 19.9 Å². The fourth-order valence-electron chi connectivity index (χ4n) is 1.55. The van der Waals surface area contributed by atoms with E-state index in [2.05, 4.69) is 5.32 Å². The molecule has 1 atom stereocenters. The molecule has 0 aliphatic rings. The molecule has 0 heterocycles. The maximum absolute atomic E-state index is 11.4. The zero-order chi connectivity index (χ0) is 13.5. The van der Waals surface area contributed by atoms with E-state index in [4.69, 9.17) is 5.11 Å². The first-order valence-corrected chi connectivity index (χ1v) is 5.71. The largest absolute Gasteiger partial charge is 0.481 e. The van der Waals surface area contributed by atoms with Crippen LogP contribution in [-0.2, 0) is 9.59 Å². The first-order chi connectivity index (χ1) is 8.50. The van der Waals surface area contributed by atoms with Crippen LogP contribution in [0.3, 0.4) is 0 Å². The van der Waals surface area contributed by atoms with E-state index in [1.165, 1.54) is 6.08 Å². The number of carboxylic acids is 1. The number of carbonyl (C=O) groups excluding carboxylic acids is 1. The van der Waals surface area contributed by atoms with Crippen molar-refractivity contribution in [2.75, 3.05) is 6.54 Å². The summed E-state index contributed by atoms with van der Waals surface area (Å²) in [7, 11) is 0. The lowest BCUT2D eigenvalue weighted by molar-refractivity contribution is -0.138. The first kappa shape index (κ1) is 14.0. The zero-order valence-electron chi connectivity index (χ0n) is 10.5. The number of hydrogen-bond donors (Lipinski definition) is 2. The number of allylic oxidation sites excluding steroid dienone is 1. The summed E-state index contributed by atoms with van der Waals surface area (Å²) in [4.78, 5) is 22.6. The van der Waals surface area contributed by atoms with Crippen molar-refractivity contribution in [3.05, 3.63) is 47.5 Å². The molecule has 1 amide bonds. The molecule has 0 spiro atoms. The standard InChI is InChI=1S/C14H17NO3/c1-10(2)8-13(16)15-9-12(14(17)18)11-6-4-3-5-7-11/h3-8,12H,9H2,1-2H3,(H,15,16)(H,17,18)/t12-/m0/s1. The quantitative estimate of drug-likeness (QED) is 0.781. The summed E-state index contributed by atoms with van der Waals surface area (Å²) < 4.78 is 0. The van der Waals surface area contributed by atoms with Gasteiger partial charge in [-0.05, 0) is 19.4 Å². The normalized spacial score (nSPS) is 11.4. The Bertz CT molecular complexity index is 447. The minimum Gasteiger partial charge on any atom is -0.481 e. The fraction of sp³-hybridized carbons (Fsp3) is 0.286. The molecule has 4 nitrogen and oxygen atoms in total. The summed E-state index contributed by atoms with van der Waals surface area (Å²) in [5.74, 6) is -1.93. The van der Waals surface area contributed by atoms with Gasteiger partial charge in [0.15, 0.2) is 0 Å². The third-order valence-corrected chi connectivity index (χ3v) is 2.40. The van der Waals surface area contributed by atoms with Crippen molar-refractivity contribution in [1.29, 1.82) is 0 Å². The average Bonchev–Trinajstić information content (AvgIpc) is 2.29. The molecule has 0 saturated heterocycles. The Morgan fingerprint density at radius 3 is 2.39 bits per heavy atom. The Labute approximate surface area is 106 Å². The first-order valence-electron chi connectivity index (χ1n) is 5.71. The van der Waals surface area contributed by atoms with Crippen LogP contribution < -0.4 is 5.32 Å². The number of hydrogen-bond acceptors (Lipinski definition) is 2. The van der Waals surface area contributed by atoms with Crippen LogP contribution in [0.15, 0.2) is 42.0 Å². The molecule has 1 aromatic rings. The Balaban J connectivity index is 2.69. The van der Waals surface area contributed by atoms with Crippen LogP contribution in [0.2, 0.25) is 0 Å². The van der Waals surface area contributed by atoms with E-state index >= 15 is 0 Å². The van der Waals surface area contributed by atoms with Crippen LogP contribution >= 0.6 is 0 Å². The van der Waals surface area contributed by atoms with Gasteiger partial charge in [-0.2, -0.15) is 0 Å². The molecule has 96 valence electrons. The molecule has 1 rings (SSSR count). The summed E-state index contributed by atoms with van der Waals surface area (Å²) in [6.07, 6.45) is 1.45. The van der Waals surface area contributed by atoms with Crippen molar-refractivity contribution < 1.29 is 14.7 Å². The van der Waals surface area contributed by atoms with Crippen molar-refractivity contribution in [1.82, 2.24) is 5.32 Å². The number of amides is 1. The lowest BCUT2D eigenvalue weighted by Crippen LogP contribution is -2.30. The lowest BCUT2D eigenvalue weighted by Gasteiger charge is -2.13. The summed E-state index contributed by atoms with van der Waals surface area (Å²) in [6.45, 7) is 3.71. The van der Waals surface area contributed by atoms with Crippen molar-refractivity contribution in [2.24, 2.45) is 0 Å². The number of aliphatic carboxylic acids is 1. The second-order valence-electron chi connectivity index (χ2n) is 4.27. The Kier molecular flexibility index (Phi) is 5.11. The van der Waals surface area contributed by atoms with Crippen molar-refractivity contribution in [2.45, 2.75) is 19.8 Å². The molecule has 0 radical (unpaired) electrons. The molecule has 0 aliphatic heterocycles. The van der Waals surface area contributed by atoms with Crippen LogP contribution in [-0.4, -0.2) is 23.5 Å². The molecule has 0 aliphatic carbocycles. The minimum atomic E-state index is -0.946. The SMILES string of the molecule is CC(C)=CC(=O)NC[C@H](C(=O)O)c1ccccc1. The molecule has 0 unspecified atom stereocenters. The van der Waals surface area contributed by atoms with Crippen molar-refractivity contribution in [3.63, 3.8) is 0 Å². The molecule has 0 fully saturated rings. The van der Waals surface area contributed by atoms with Crippen LogP contribution in [0.5, 0.6) is 0 Å². The molecule has 2 N–H and O–H groups in total. The highest BCUT2D eigenvalue weighted by Crippen LogP contribution is 2.14. The number of carbonyl (C=O) groups is 2. The molecule has 4 heteroatoms. The van der Waals surface area contributed by atoms with Gasteiger partial charge in [0, 0.05) is 12.6 Å². The van der Waals surface area contributed by atoms with Crippen molar-refractivity contribution >= 4 is 11.9 Å². The topological polar surface area (TPSA) is 66.4 Å². The number of benzene rings is 1. The van der Waals surface area contributed by atoms with Gasteiger partial charge in [0.25, 0.3) is 0 Å². The third-order valence-electron chi connectivity index (χ3n) is 2.40. The van der Waals surface area contributed by atoms with E-state index in [-0.39, 0.29) is 12.5 Å². The molecule has 18 heavy (non-hydrogen) atoms. The molecular formula is C14H17NO3. The molecular weight excluding hydrogens is 230 g/mol. The third kappa shape index (κ3) is 4.41. The van der Waals surface area contributed by atoms with Gasteiger partial charge in [-0.25, -0.2) is 0 Å². The maximum Gasteiger partial charge on any atom is 0.312 e. The summed E-state index contributed by atoms with van der Waals surface area (Å²) >= 11 is 0. The zero-order valence-corrected chi connectivity index (χ0v) is 10.5. The Hall–Kier alpha value is -2.10. The predicted octanol–water partition coefficient (Wildman–Crippen LogP) is 1.94. The van der Waals surface area contributed by atoms with Gasteiger partial charge in [0.2, 0.25) is 5.91 Å². The smallest absolute Gasteiger partial charge is 0.312 e. The van der Waals surface area contributed by atoms with E-state index in [0.717, 1.165) is 5.57 Å². The van der Waals surface area contributed by atoms with Gasteiger partial charge in [-0.1, -0.05) is 35.9 Å². The Morgan fingerprint density at radius 1 is 1.28 bits per heavy atom. The maximum atomic E-state index is 11.4. The van der Waals surface area contributed by atoms with Crippen LogP contribution in [0.4, 0.5) is 0 Å². The Morgan fingerprint density at radius 2 is 1.89 bits per heavy atom. The van der Waals surface area contributed by atoms with E-state index < -0.39 is 11.9 Å². The molecule has 0 bridgehead atoms. The van der Waals surface area contributed by atoms with E-state index in [9.17, 15) is 9.59 Å². The van der Waals surface area contributed by atoms with Crippen LogP contribution in [0, 0.1) is 0 Å². The average molecular weight is 247 g/mol. The predicted molar refractivity (Wildman–Crippen MR) is 69.3 cm³/mol. The summed E-state index contributed by atoms with van der Waals surface area (Å²) in [5.41, 5.74) is 1.56. The molecule has 0 saturated carbocycles. The lowest BCUT2D eigenvalue weighted by atomic mass is 9.99. The van der Waals surface area contributed by atoms with Gasteiger partial charge >= 0.3 is 5.97 Å². The van der Waals surface area contributed by atoms with Gasteiger partial charge in [-0.3, -0.25) is 9.59 Å². The monoisotopic (exact) mass is 247 g/mol. The van der Waals surface area contributed by atoms with Gasteiger partial charge in [0.1, 0.15) is 0 Å². The van der Waals surface area contributed by atoms with E-state index in [1.54, 1.807) is 24.3 Å². The fourth-order valence-corrected chi connectivity index (χ4v) is 1.55. The van der Waals surface area contributed by atoms with Gasteiger partial charge in [-0.15, -0.1) is 0 Å². The highest BCUT2D eigenvalue weighted by Gasteiger charge is 2.19. The van der Waals surface area contributed by atoms with Crippen molar-refractivity contribution in [3.8, 4) is 0 Å². The van der Waals surface area contributed by atoms with Gasteiger partial charge < -0.3 is 10.4 Å². The number of nitrogens with one attached hydrogen (secondary N) is 1. The molecule has 0 aromatic heterocycles. The summed E-state index contributed by atoms with van der Waals surface area (Å²) in [6, 6.07) is 8.87. The molecule has 1 aromatic carbocycles. The number of rotatable bonds is 5. The van der Waals surface area contributed by atoms with Crippen LogP contribution in [0.1, 0.15) is 25.3 Å². The van der Waals surface area contributed by atoms with E-state index in [0.29, 0.717) is 5.56 Å². The minimum absolute atomic E-state index is 0.0853. The van der Waals surface area contributed by atoms with Gasteiger partial charge in [0.05, 0.1) is 5.92 Å². The number of carboxylic acid groups (broad SMARTS) is 1. The second-order valence-corrected chi connectivity index (χ2v) is 4.27. The highest BCUT2D eigenvalue weighted by molar-refractivity contribution is 5.88. The summed E-state index contributed by atoms with van der Waals surface area (Å²) in [5, 5.41) is 11.8. The second kappa shape index (κ2) is 6.59. The highest BCUT2D eigenvalue weighted by atomic mass is 16.4. The van der Waals surface area contributed by atoms with Crippen LogP contribution in [0.25, 0.3) is 0 Å².